The van der Waals surface area contributed by atoms with E-state index in [4.69, 9.17) is 14.2 Å². The fraction of sp³-hybridized carbons (Fsp3) is 0.346. The molecule has 1 amide bonds. The lowest BCUT2D eigenvalue weighted by Crippen LogP contribution is -2.36. The first-order chi connectivity index (χ1) is 17.4. The van der Waals surface area contributed by atoms with Gasteiger partial charge in [-0.25, -0.2) is 0 Å². The first kappa shape index (κ1) is 25.4. The van der Waals surface area contributed by atoms with Gasteiger partial charge in [0.15, 0.2) is 17.2 Å². The molecule has 4 rings (SSSR count). The smallest absolute Gasteiger partial charge is 0.308 e. The van der Waals surface area contributed by atoms with E-state index in [1.807, 2.05) is 24.3 Å². The van der Waals surface area contributed by atoms with Crippen LogP contribution in [0.4, 0.5) is 5.69 Å². The number of esters is 1. The molecule has 2 aromatic carbocycles. The van der Waals surface area contributed by atoms with Crippen LogP contribution in [0.1, 0.15) is 51.8 Å². The molecular weight excluding hydrogens is 480 g/mol. The Kier molecular flexibility index (Phi) is 8.04. The largest absolute Gasteiger partial charge is 0.493 e. The number of hydrogen-bond acceptors (Lipinski definition) is 9. The molecular formula is C26H28N4O5S. The van der Waals surface area contributed by atoms with Crippen molar-refractivity contribution in [3.63, 3.8) is 0 Å². The maximum absolute atomic E-state index is 13.0. The van der Waals surface area contributed by atoms with Gasteiger partial charge in [0.05, 0.1) is 12.8 Å². The molecule has 0 bridgehead atoms. The first-order valence-electron chi connectivity index (χ1n) is 11.7. The van der Waals surface area contributed by atoms with Gasteiger partial charge in [0.25, 0.3) is 0 Å². The molecule has 10 heteroatoms. The van der Waals surface area contributed by atoms with Gasteiger partial charge in [-0.15, -0.1) is 10.2 Å². The van der Waals surface area contributed by atoms with Crippen molar-refractivity contribution in [3.05, 3.63) is 48.0 Å². The molecule has 0 radical (unpaired) electrons. The van der Waals surface area contributed by atoms with Crippen LogP contribution in [0.15, 0.2) is 47.6 Å². The number of aromatic nitrogens is 3. The summed E-state index contributed by atoms with van der Waals surface area (Å²) >= 11 is 1.53. The average Bonchev–Trinajstić information content (AvgIpc) is 3.01. The van der Waals surface area contributed by atoms with Crippen molar-refractivity contribution >= 4 is 29.3 Å². The van der Waals surface area contributed by atoms with Crippen LogP contribution < -0.4 is 19.1 Å². The Morgan fingerprint density at radius 1 is 1.08 bits per heavy atom. The molecule has 1 atom stereocenters. The molecule has 1 aliphatic rings. The molecule has 0 spiro atoms. The molecule has 9 nitrogen and oxygen atoms in total. The molecule has 36 heavy (non-hydrogen) atoms. The van der Waals surface area contributed by atoms with Crippen LogP contribution >= 0.6 is 11.8 Å². The third-order valence-electron chi connectivity index (χ3n) is 5.56. The summed E-state index contributed by atoms with van der Waals surface area (Å²) in [5, 5.41) is 9.27. The summed E-state index contributed by atoms with van der Waals surface area (Å²) in [5.74, 6) is 1.07. The van der Waals surface area contributed by atoms with Gasteiger partial charge in [-0.3, -0.25) is 14.5 Å². The number of ether oxygens (including phenoxy) is 3. The zero-order valence-electron chi connectivity index (χ0n) is 20.7. The lowest BCUT2D eigenvalue weighted by molar-refractivity contribution is -0.132. The highest BCUT2D eigenvalue weighted by molar-refractivity contribution is 7.99. The van der Waals surface area contributed by atoms with Gasteiger partial charge in [0, 0.05) is 30.7 Å². The van der Waals surface area contributed by atoms with Crippen LogP contribution in [0.5, 0.6) is 17.4 Å². The summed E-state index contributed by atoms with van der Waals surface area (Å²) in [6, 6.07) is 12.4. The number of para-hydroxylation sites is 1. The van der Waals surface area contributed by atoms with Crippen molar-refractivity contribution in [2.45, 2.75) is 51.4 Å². The van der Waals surface area contributed by atoms with Crippen LogP contribution in [0, 0.1) is 0 Å². The van der Waals surface area contributed by atoms with E-state index >= 15 is 0 Å². The van der Waals surface area contributed by atoms with Gasteiger partial charge in [-0.1, -0.05) is 49.7 Å². The molecule has 3 aromatic rings. The number of anilines is 1. The Balaban J connectivity index is 1.80. The molecule has 0 fully saturated rings. The number of carbonyl (C=O) groups excluding carboxylic acids is 2. The minimum atomic E-state index is -0.875. The number of carbonyl (C=O) groups is 2. The Morgan fingerprint density at radius 2 is 1.89 bits per heavy atom. The lowest BCUT2D eigenvalue weighted by Gasteiger charge is -2.30. The van der Waals surface area contributed by atoms with E-state index in [1.54, 1.807) is 23.1 Å². The van der Waals surface area contributed by atoms with Crippen molar-refractivity contribution in [1.29, 1.82) is 0 Å². The highest BCUT2D eigenvalue weighted by Gasteiger charge is 2.35. The van der Waals surface area contributed by atoms with Gasteiger partial charge >= 0.3 is 5.97 Å². The standard InChI is InChI=1S/C26H28N4O5S/c1-5-6-9-14-36-26-27-24-23(28-29-26)19-10-7-8-11-20(19)30(16(2)31)25(35-24)18-12-13-21(34-17(3)32)22(15-18)33-4/h7-8,10-13,15,25H,5-6,9,14H2,1-4H3/t25-/m1/s1. The van der Waals surface area contributed by atoms with Crippen LogP contribution in [-0.2, 0) is 9.59 Å². The molecule has 0 N–H and O–H groups in total. The summed E-state index contributed by atoms with van der Waals surface area (Å²) in [5.41, 5.74) is 2.38. The van der Waals surface area contributed by atoms with Gasteiger partial charge in [0.1, 0.15) is 0 Å². The molecule has 0 saturated heterocycles. The van der Waals surface area contributed by atoms with Crippen molar-refractivity contribution in [3.8, 4) is 28.6 Å². The van der Waals surface area contributed by atoms with Crippen molar-refractivity contribution in [1.82, 2.24) is 15.2 Å². The van der Waals surface area contributed by atoms with E-state index in [-0.39, 0.29) is 17.5 Å². The van der Waals surface area contributed by atoms with Crippen LogP contribution in [0.25, 0.3) is 11.3 Å². The molecule has 0 saturated carbocycles. The number of thioether (sulfide) groups is 1. The second-order valence-electron chi connectivity index (χ2n) is 8.18. The highest BCUT2D eigenvalue weighted by Crippen LogP contribution is 2.44. The fourth-order valence-electron chi connectivity index (χ4n) is 3.92. The summed E-state index contributed by atoms with van der Waals surface area (Å²) in [4.78, 5) is 30.7. The second kappa shape index (κ2) is 11.4. The zero-order valence-corrected chi connectivity index (χ0v) is 21.5. The minimum absolute atomic E-state index is 0.231. The number of fused-ring (bicyclic) bond motifs is 3. The van der Waals surface area contributed by atoms with E-state index in [2.05, 4.69) is 22.1 Å². The van der Waals surface area contributed by atoms with Gasteiger partial charge in [0.2, 0.25) is 23.2 Å². The Bertz CT molecular complexity index is 1270. The number of hydrogen-bond donors (Lipinski definition) is 0. The van der Waals surface area contributed by atoms with E-state index in [9.17, 15) is 9.59 Å². The van der Waals surface area contributed by atoms with Crippen LogP contribution in [0.3, 0.4) is 0 Å². The van der Waals surface area contributed by atoms with Crippen molar-refractivity contribution < 1.29 is 23.8 Å². The highest BCUT2D eigenvalue weighted by atomic mass is 32.2. The Labute approximate surface area is 214 Å². The molecule has 2 heterocycles. The quantitative estimate of drug-likeness (QED) is 0.176. The van der Waals surface area contributed by atoms with Gasteiger partial charge in [-0.2, -0.15) is 4.98 Å². The van der Waals surface area contributed by atoms with E-state index in [0.29, 0.717) is 33.4 Å². The maximum Gasteiger partial charge on any atom is 0.308 e. The van der Waals surface area contributed by atoms with Gasteiger partial charge < -0.3 is 14.2 Å². The third kappa shape index (κ3) is 5.43. The van der Waals surface area contributed by atoms with E-state index < -0.39 is 12.2 Å². The summed E-state index contributed by atoms with van der Waals surface area (Å²) < 4.78 is 17.1. The molecule has 188 valence electrons. The summed E-state index contributed by atoms with van der Waals surface area (Å²) in [6.45, 7) is 4.95. The monoisotopic (exact) mass is 508 g/mol. The normalized spacial score (nSPS) is 14.2. The Morgan fingerprint density at radius 3 is 2.61 bits per heavy atom. The Hall–Kier alpha value is -3.66. The number of nitrogens with zero attached hydrogens (tertiary/aromatic N) is 4. The molecule has 1 aliphatic heterocycles. The predicted molar refractivity (Wildman–Crippen MR) is 136 cm³/mol. The van der Waals surface area contributed by atoms with Crippen molar-refractivity contribution in [2.24, 2.45) is 0 Å². The summed E-state index contributed by atoms with van der Waals surface area (Å²) in [6.07, 6.45) is 2.45. The molecule has 0 unspecified atom stereocenters. The molecule has 1 aromatic heterocycles. The zero-order chi connectivity index (χ0) is 25.7. The average molecular weight is 509 g/mol. The number of benzene rings is 2. The number of rotatable bonds is 8. The fourth-order valence-corrected chi connectivity index (χ4v) is 4.70. The first-order valence-corrected chi connectivity index (χ1v) is 12.7. The van der Waals surface area contributed by atoms with Crippen LogP contribution in [-0.4, -0.2) is 39.9 Å². The van der Waals surface area contributed by atoms with Crippen molar-refractivity contribution in [2.75, 3.05) is 17.8 Å². The number of amides is 1. The summed E-state index contributed by atoms with van der Waals surface area (Å²) in [7, 11) is 1.48. The number of methoxy groups -OCH3 is 1. The lowest BCUT2D eigenvalue weighted by atomic mass is 10.1. The SMILES string of the molecule is CCCCCSc1nnc2c(n1)O[C@H](c1ccc(OC(C)=O)c(OC)c1)N(C(C)=O)c1ccccc1-2. The van der Waals surface area contributed by atoms with E-state index in [0.717, 1.165) is 25.0 Å². The topological polar surface area (TPSA) is 104 Å². The third-order valence-corrected chi connectivity index (χ3v) is 6.48. The predicted octanol–water partition coefficient (Wildman–Crippen LogP) is 5.20. The number of unbranched alkanes of at least 4 members (excludes halogenated alkanes) is 2. The minimum Gasteiger partial charge on any atom is -0.493 e. The maximum atomic E-state index is 13.0. The van der Waals surface area contributed by atoms with Crippen LogP contribution in [0.2, 0.25) is 0 Å². The second-order valence-corrected chi connectivity index (χ2v) is 9.25. The molecule has 0 aliphatic carbocycles. The van der Waals surface area contributed by atoms with E-state index in [1.165, 1.54) is 32.7 Å². The van der Waals surface area contributed by atoms with Gasteiger partial charge in [-0.05, 0) is 30.7 Å².